The molecular weight excluding hydrogens is 536 g/mol. The van der Waals surface area contributed by atoms with Crippen molar-refractivity contribution in [1.82, 2.24) is 34.9 Å². The topological polar surface area (TPSA) is 144 Å². The Morgan fingerprint density at radius 2 is 2.08 bits per heavy atom. The minimum absolute atomic E-state index is 0.0152. The van der Waals surface area contributed by atoms with E-state index in [1.807, 2.05) is 6.07 Å². The maximum absolute atomic E-state index is 13.4. The largest absolute Gasteiger partial charge is 0.361 e. The predicted molar refractivity (Wildman–Crippen MR) is 153 cm³/mol. The number of fused-ring (bicyclic) bond motifs is 2. The van der Waals surface area contributed by atoms with Gasteiger partial charge in [-0.05, 0) is 31.2 Å². The highest BCUT2D eigenvalue weighted by Crippen LogP contribution is 2.29. The molecule has 0 aliphatic carbocycles. The van der Waals surface area contributed by atoms with Gasteiger partial charge in [0.25, 0.3) is 5.91 Å². The van der Waals surface area contributed by atoms with Crippen LogP contribution in [0.25, 0.3) is 33.5 Å². The number of amides is 2. The number of carbonyl (C=O) groups excluding carboxylic acids is 2. The smallest absolute Gasteiger partial charge is 0.255 e. The van der Waals surface area contributed by atoms with Crippen molar-refractivity contribution < 1.29 is 14.3 Å². The maximum Gasteiger partial charge on any atom is 0.255 e. The molecule has 1 aliphatic rings. The van der Waals surface area contributed by atoms with Gasteiger partial charge >= 0.3 is 0 Å². The number of aromatic amines is 1. The fourth-order valence-corrected chi connectivity index (χ4v) is 5.39. The Labute approximate surface area is 232 Å². The molecule has 4 N–H and O–H groups in total. The minimum Gasteiger partial charge on any atom is -0.361 e. The molecule has 1 fully saturated rings. The SMILES string of the molecule is C[C@@H](NC(=O)c1cn(COCC[Si](C)(C)C)c2ncc(-c3n[nH]c4cc(Cl)ccc34)nc12)C(=O)N1CC(N)C1. The summed E-state index contributed by atoms with van der Waals surface area (Å²) in [7, 11) is -1.26. The first-order chi connectivity index (χ1) is 18.5. The number of halogens is 1. The minimum atomic E-state index is -1.26. The van der Waals surface area contributed by atoms with Crippen molar-refractivity contribution in [1.29, 1.82) is 0 Å². The molecule has 4 aromatic rings. The summed E-state index contributed by atoms with van der Waals surface area (Å²) in [5.41, 5.74) is 8.88. The lowest BCUT2D eigenvalue weighted by Crippen LogP contribution is -2.61. The zero-order chi connectivity index (χ0) is 27.9. The van der Waals surface area contributed by atoms with Crippen LogP contribution in [0.5, 0.6) is 0 Å². The molecule has 0 spiro atoms. The quantitative estimate of drug-likeness (QED) is 0.208. The highest BCUT2D eigenvalue weighted by atomic mass is 35.5. The molecular formula is C26H33ClN8O3Si. The summed E-state index contributed by atoms with van der Waals surface area (Å²) in [5, 5.41) is 11.6. The predicted octanol–water partition coefficient (Wildman–Crippen LogP) is 3.23. The molecule has 1 saturated heterocycles. The van der Waals surface area contributed by atoms with Gasteiger partial charge in [0.2, 0.25) is 5.91 Å². The Balaban J connectivity index is 1.46. The molecule has 0 radical (unpaired) electrons. The lowest BCUT2D eigenvalue weighted by molar-refractivity contribution is -0.137. The van der Waals surface area contributed by atoms with Crippen LogP contribution in [0, 0.1) is 0 Å². The van der Waals surface area contributed by atoms with Crippen LogP contribution in [0.3, 0.4) is 0 Å². The van der Waals surface area contributed by atoms with E-state index in [2.05, 4.69) is 40.1 Å². The average Bonchev–Trinajstić information content (AvgIpc) is 3.44. The lowest BCUT2D eigenvalue weighted by Gasteiger charge is -2.38. The molecule has 1 aromatic carbocycles. The van der Waals surface area contributed by atoms with Gasteiger partial charge in [0, 0.05) is 50.4 Å². The second-order valence-corrected chi connectivity index (χ2v) is 17.3. The fourth-order valence-electron chi connectivity index (χ4n) is 4.46. The Kier molecular flexibility index (Phi) is 7.46. The number of carbonyl (C=O) groups is 2. The Bertz CT molecular complexity index is 1540. The van der Waals surface area contributed by atoms with E-state index in [4.69, 9.17) is 27.1 Å². The first-order valence-electron chi connectivity index (χ1n) is 12.9. The van der Waals surface area contributed by atoms with Gasteiger partial charge in [0.15, 0.2) is 5.65 Å². The van der Waals surface area contributed by atoms with Gasteiger partial charge in [-0.1, -0.05) is 31.2 Å². The lowest BCUT2D eigenvalue weighted by atomic mass is 10.1. The number of H-pyrrole nitrogens is 1. The van der Waals surface area contributed by atoms with Crippen molar-refractivity contribution in [2.45, 2.75) is 51.4 Å². The molecule has 39 heavy (non-hydrogen) atoms. The van der Waals surface area contributed by atoms with Crippen LogP contribution in [0.1, 0.15) is 17.3 Å². The van der Waals surface area contributed by atoms with Gasteiger partial charge in [0.1, 0.15) is 29.7 Å². The number of hydrogen-bond acceptors (Lipinski definition) is 7. The summed E-state index contributed by atoms with van der Waals surface area (Å²) < 4.78 is 7.72. The van der Waals surface area contributed by atoms with E-state index in [1.54, 1.807) is 40.9 Å². The standard InChI is InChI=1S/C26H33ClN8O3Si/c1-15(26(37)34-11-17(28)12-34)30-25(36)19-13-35(14-38-7-8-39(2,3)4)24-23(19)31-21(10-29-24)22-18-6-5-16(27)9-20(18)32-33-22/h5-6,9-10,13,15,17H,7-8,11-12,14,28H2,1-4H3,(H,30,36)(H,32,33)/t15-/m1/s1. The zero-order valence-corrected chi connectivity index (χ0v) is 24.2. The summed E-state index contributed by atoms with van der Waals surface area (Å²) in [4.78, 5) is 37.2. The normalized spacial score (nSPS) is 15.1. The summed E-state index contributed by atoms with van der Waals surface area (Å²) in [6, 6.07) is 5.72. The number of rotatable bonds is 9. The van der Waals surface area contributed by atoms with E-state index in [0.29, 0.717) is 52.8 Å². The van der Waals surface area contributed by atoms with Gasteiger partial charge in [-0.2, -0.15) is 5.10 Å². The first kappa shape index (κ1) is 27.3. The highest BCUT2D eigenvalue weighted by Gasteiger charge is 2.32. The molecule has 206 valence electrons. The number of nitrogens with two attached hydrogens (primary N) is 1. The van der Waals surface area contributed by atoms with E-state index in [0.717, 1.165) is 16.9 Å². The van der Waals surface area contributed by atoms with E-state index in [-0.39, 0.29) is 18.7 Å². The molecule has 1 atom stereocenters. The van der Waals surface area contributed by atoms with Crippen molar-refractivity contribution in [2.75, 3.05) is 19.7 Å². The number of aromatic nitrogens is 5. The average molecular weight is 569 g/mol. The third kappa shape index (κ3) is 5.83. The van der Waals surface area contributed by atoms with E-state index in [9.17, 15) is 9.59 Å². The van der Waals surface area contributed by atoms with Crippen LogP contribution >= 0.6 is 11.6 Å². The van der Waals surface area contributed by atoms with Gasteiger partial charge in [0.05, 0.1) is 17.3 Å². The molecule has 0 unspecified atom stereocenters. The number of nitrogens with zero attached hydrogens (tertiary/aromatic N) is 5. The highest BCUT2D eigenvalue weighted by molar-refractivity contribution is 6.76. The number of likely N-dealkylation sites (tertiary alicyclic amines) is 1. The summed E-state index contributed by atoms with van der Waals surface area (Å²) in [6.07, 6.45) is 3.31. The summed E-state index contributed by atoms with van der Waals surface area (Å²) >= 11 is 6.12. The number of benzene rings is 1. The van der Waals surface area contributed by atoms with Crippen molar-refractivity contribution in [3.05, 3.63) is 41.2 Å². The van der Waals surface area contributed by atoms with Crippen LogP contribution in [0.2, 0.25) is 30.7 Å². The molecule has 4 heterocycles. The molecule has 0 saturated carbocycles. The van der Waals surface area contributed by atoms with Crippen molar-refractivity contribution in [3.8, 4) is 11.4 Å². The summed E-state index contributed by atoms with van der Waals surface area (Å²) in [5.74, 6) is -0.589. The second kappa shape index (κ2) is 10.7. The Morgan fingerprint density at radius 3 is 2.79 bits per heavy atom. The van der Waals surface area contributed by atoms with Crippen molar-refractivity contribution >= 4 is 53.6 Å². The van der Waals surface area contributed by atoms with Gasteiger partial charge < -0.3 is 25.3 Å². The van der Waals surface area contributed by atoms with E-state index in [1.165, 1.54) is 0 Å². The third-order valence-corrected chi connectivity index (χ3v) is 8.68. The van der Waals surface area contributed by atoms with Crippen LogP contribution in [-0.2, 0) is 16.3 Å². The maximum atomic E-state index is 13.4. The monoisotopic (exact) mass is 568 g/mol. The molecule has 2 amide bonds. The fraction of sp³-hybridized carbons (Fsp3) is 0.423. The van der Waals surface area contributed by atoms with Crippen molar-refractivity contribution in [3.63, 3.8) is 0 Å². The Morgan fingerprint density at radius 1 is 1.31 bits per heavy atom. The molecule has 13 heteroatoms. The molecule has 3 aromatic heterocycles. The van der Waals surface area contributed by atoms with Gasteiger partial charge in [-0.3, -0.25) is 14.7 Å². The van der Waals surface area contributed by atoms with Crippen LogP contribution in [0.4, 0.5) is 0 Å². The van der Waals surface area contributed by atoms with Gasteiger partial charge in [-0.15, -0.1) is 0 Å². The molecule has 5 rings (SSSR count). The van der Waals surface area contributed by atoms with Crippen molar-refractivity contribution in [2.24, 2.45) is 5.73 Å². The van der Waals surface area contributed by atoms with Crippen LogP contribution in [0.15, 0.2) is 30.6 Å². The Hall–Kier alpha value is -3.32. The number of ether oxygens (including phenoxy) is 1. The first-order valence-corrected chi connectivity index (χ1v) is 17.0. The third-order valence-electron chi connectivity index (χ3n) is 6.74. The number of nitrogens with one attached hydrogen (secondary N) is 2. The summed E-state index contributed by atoms with van der Waals surface area (Å²) in [6.45, 7) is 10.4. The molecule has 1 aliphatic heterocycles. The number of hydrogen-bond donors (Lipinski definition) is 3. The van der Waals surface area contributed by atoms with E-state index < -0.39 is 20.0 Å². The van der Waals surface area contributed by atoms with E-state index >= 15 is 0 Å². The van der Waals surface area contributed by atoms with Crippen LogP contribution in [-0.4, -0.2) is 81.3 Å². The second-order valence-electron chi connectivity index (χ2n) is 11.2. The van der Waals surface area contributed by atoms with Gasteiger partial charge in [-0.25, -0.2) is 9.97 Å². The van der Waals surface area contributed by atoms with Crippen LogP contribution < -0.4 is 11.1 Å². The zero-order valence-electron chi connectivity index (χ0n) is 22.5. The molecule has 11 nitrogen and oxygen atoms in total. The molecule has 0 bridgehead atoms.